The maximum absolute atomic E-state index is 10.8. The van der Waals surface area contributed by atoms with Crippen LogP contribution in [0.2, 0.25) is 0 Å². The summed E-state index contributed by atoms with van der Waals surface area (Å²) in [5, 5.41) is 38.1. The van der Waals surface area contributed by atoms with E-state index in [1.54, 1.807) is 91.0 Å². The van der Waals surface area contributed by atoms with Crippen molar-refractivity contribution < 1.29 is 57.8 Å². The van der Waals surface area contributed by atoms with Gasteiger partial charge >= 0.3 is 5.97 Å². The number of para-hydroxylation sites is 4. The van der Waals surface area contributed by atoms with Crippen molar-refractivity contribution in [1.82, 2.24) is 20.6 Å². The molecule has 4 aromatic heterocycles. The van der Waals surface area contributed by atoms with E-state index in [0.717, 1.165) is 5.39 Å². The third-order valence-electron chi connectivity index (χ3n) is 7.09. The van der Waals surface area contributed by atoms with E-state index in [4.69, 9.17) is 48.8 Å². The first-order chi connectivity index (χ1) is 27.4. The standard InChI is InChI=1S/C9H7NO3.C8H6ClNO3S.C8H8N2O3S.C8H7NO4S.C2H3N/c11-9(12)5-7-6-3-1-2-4-8(6)13-10-7;2*9-14(11,12)5-7-6-3-1-2-4-8(6)13-10-7;10-14(11,12)5-7-6-3-1-2-4-8(6)13-9-7;1-2-3/h1-4H,5H2,(H,11,12);1-4H,5H2;1-4H,5H2,(H2,9,11,12);1-4H,5H2,(H,10,11,12);1H3. The molecule has 0 spiro atoms. The molecule has 0 aliphatic heterocycles. The molecule has 0 unspecified atom stereocenters. The van der Waals surface area contributed by atoms with Crippen LogP contribution in [0.15, 0.2) is 115 Å². The van der Waals surface area contributed by atoms with Crippen LogP contribution in [0.5, 0.6) is 0 Å². The monoisotopic (exact) mass is 874 g/mol. The second kappa shape index (κ2) is 19.8. The molecule has 0 aliphatic carbocycles. The molecule has 0 radical (unpaired) electrons. The largest absolute Gasteiger partial charge is 0.481 e. The van der Waals surface area contributed by atoms with E-state index in [-0.39, 0.29) is 23.6 Å². The number of carbonyl (C=O) groups is 1. The maximum Gasteiger partial charge on any atom is 0.309 e. The average molecular weight is 875 g/mol. The van der Waals surface area contributed by atoms with Gasteiger partial charge in [0.2, 0.25) is 19.1 Å². The predicted molar refractivity (Wildman–Crippen MR) is 209 cm³/mol. The van der Waals surface area contributed by atoms with Gasteiger partial charge in [-0.15, -0.1) is 0 Å². The number of nitrogens with two attached hydrogens (primary N) is 1. The average Bonchev–Trinajstić information content (AvgIpc) is 3.95. The van der Waals surface area contributed by atoms with Gasteiger partial charge in [-0.05, 0) is 48.5 Å². The number of rotatable bonds is 8. The fourth-order valence-electron chi connectivity index (χ4n) is 4.86. The Hall–Kier alpha value is -6.22. The van der Waals surface area contributed by atoms with Gasteiger partial charge in [-0.1, -0.05) is 69.2 Å². The van der Waals surface area contributed by atoms with Crippen LogP contribution in [-0.4, -0.2) is 61.5 Å². The molecule has 19 nitrogen and oxygen atoms in total. The van der Waals surface area contributed by atoms with Gasteiger partial charge in [0.05, 0.1) is 12.5 Å². The van der Waals surface area contributed by atoms with E-state index in [2.05, 4.69) is 20.6 Å². The summed E-state index contributed by atoms with van der Waals surface area (Å²) in [5.74, 6) is -2.04. The number of halogens is 1. The molecule has 8 aromatic rings. The van der Waals surface area contributed by atoms with Gasteiger partial charge in [-0.2, -0.15) is 13.7 Å². The Kier molecular flexibility index (Phi) is 15.2. The molecular weight excluding hydrogens is 844 g/mol. The van der Waals surface area contributed by atoms with E-state index in [0.29, 0.717) is 55.6 Å². The minimum atomic E-state index is -4.06. The zero-order chi connectivity index (χ0) is 42.5. The van der Waals surface area contributed by atoms with E-state index in [9.17, 15) is 30.0 Å². The number of primary sulfonamides is 1. The van der Waals surface area contributed by atoms with Gasteiger partial charge in [-0.3, -0.25) is 9.35 Å². The molecule has 4 N–H and O–H groups in total. The fraction of sp³-hybridized carbons (Fsp3) is 0.143. The molecular formula is C35H31ClN6O13S3. The van der Waals surface area contributed by atoms with Crippen LogP contribution in [-0.2, 0) is 57.7 Å². The lowest BCUT2D eigenvalue weighted by molar-refractivity contribution is -0.136. The predicted octanol–water partition coefficient (Wildman–Crippen LogP) is 5.71. The maximum atomic E-state index is 10.8. The molecule has 4 aromatic carbocycles. The first kappa shape index (κ1) is 44.5. The summed E-state index contributed by atoms with van der Waals surface area (Å²) in [4.78, 5) is 10.4. The Labute approximate surface area is 333 Å². The third kappa shape index (κ3) is 13.8. The number of hydrogen-bond acceptors (Lipinski definition) is 16. The Morgan fingerprint density at radius 2 is 0.914 bits per heavy atom. The number of nitrogens with zero attached hydrogens (tertiary/aromatic N) is 5. The van der Waals surface area contributed by atoms with Gasteiger partial charge in [0, 0.05) is 39.2 Å². The first-order valence-electron chi connectivity index (χ1n) is 16.1. The van der Waals surface area contributed by atoms with Crippen molar-refractivity contribution in [2.24, 2.45) is 5.14 Å². The van der Waals surface area contributed by atoms with Crippen molar-refractivity contribution in [2.75, 3.05) is 0 Å². The van der Waals surface area contributed by atoms with Crippen LogP contribution < -0.4 is 5.14 Å². The van der Waals surface area contributed by atoms with E-state index in [1.807, 2.05) is 12.1 Å². The van der Waals surface area contributed by atoms with Crippen LogP contribution in [0, 0.1) is 11.3 Å². The van der Waals surface area contributed by atoms with Crippen molar-refractivity contribution in [3.63, 3.8) is 0 Å². The normalized spacial score (nSPS) is 11.2. The molecule has 304 valence electrons. The van der Waals surface area contributed by atoms with E-state index in [1.165, 1.54) is 6.92 Å². The minimum absolute atomic E-state index is 0.100. The number of nitriles is 1. The number of sulfonamides is 1. The van der Waals surface area contributed by atoms with Crippen LogP contribution in [0.25, 0.3) is 43.9 Å². The Morgan fingerprint density at radius 1 is 0.621 bits per heavy atom. The second-order valence-electron chi connectivity index (χ2n) is 11.5. The third-order valence-corrected chi connectivity index (χ3v) is 9.35. The smallest absolute Gasteiger partial charge is 0.309 e. The molecule has 8 rings (SSSR count). The van der Waals surface area contributed by atoms with Crippen molar-refractivity contribution in [1.29, 1.82) is 5.26 Å². The van der Waals surface area contributed by atoms with Crippen molar-refractivity contribution in [3.8, 4) is 6.07 Å². The molecule has 0 bridgehead atoms. The highest BCUT2D eigenvalue weighted by molar-refractivity contribution is 8.13. The van der Waals surface area contributed by atoms with Crippen LogP contribution in [0.1, 0.15) is 29.7 Å². The summed E-state index contributed by atoms with van der Waals surface area (Å²) in [7, 11) is -6.10. The van der Waals surface area contributed by atoms with Gasteiger partial charge in [0.1, 0.15) is 40.0 Å². The Morgan fingerprint density at radius 3 is 1.22 bits per heavy atom. The highest BCUT2D eigenvalue weighted by atomic mass is 35.7. The zero-order valence-electron chi connectivity index (χ0n) is 29.9. The molecule has 0 amide bonds. The quantitative estimate of drug-likeness (QED) is 0.121. The lowest BCUT2D eigenvalue weighted by atomic mass is 10.2. The van der Waals surface area contributed by atoms with Gasteiger partial charge < -0.3 is 23.2 Å². The molecule has 0 saturated carbocycles. The molecule has 4 heterocycles. The second-order valence-corrected chi connectivity index (χ2v) is 17.4. The highest BCUT2D eigenvalue weighted by Gasteiger charge is 2.16. The molecule has 0 fully saturated rings. The number of hydrogen-bond donors (Lipinski definition) is 3. The molecule has 0 atom stereocenters. The lowest BCUT2D eigenvalue weighted by Gasteiger charge is -1.92. The zero-order valence-corrected chi connectivity index (χ0v) is 33.1. The minimum Gasteiger partial charge on any atom is -0.481 e. The lowest BCUT2D eigenvalue weighted by Crippen LogP contribution is -2.14. The molecule has 0 saturated heterocycles. The van der Waals surface area contributed by atoms with Gasteiger partial charge in [0.25, 0.3) is 10.1 Å². The topological polar surface area (TPSA) is 314 Å². The molecule has 0 aliphatic rings. The first-order valence-corrected chi connectivity index (χ1v) is 21.9. The van der Waals surface area contributed by atoms with Crippen molar-refractivity contribution in [3.05, 3.63) is 120 Å². The van der Waals surface area contributed by atoms with E-state index >= 15 is 0 Å². The Balaban J connectivity index is 0.000000167. The van der Waals surface area contributed by atoms with E-state index < -0.39 is 40.9 Å². The summed E-state index contributed by atoms with van der Waals surface area (Å²) in [5.41, 5.74) is 3.64. The highest BCUT2D eigenvalue weighted by Crippen LogP contribution is 2.22. The van der Waals surface area contributed by atoms with Crippen LogP contribution >= 0.6 is 10.7 Å². The van der Waals surface area contributed by atoms with Crippen molar-refractivity contribution in [2.45, 2.75) is 30.6 Å². The molecule has 58 heavy (non-hydrogen) atoms. The number of fused-ring (bicyclic) bond motifs is 4. The summed E-state index contributed by atoms with van der Waals surface area (Å²) < 4.78 is 92.9. The summed E-state index contributed by atoms with van der Waals surface area (Å²) in [6, 6.07) is 29.9. The van der Waals surface area contributed by atoms with Crippen LogP contribution in [0.3, 0.4) is 0 Å². The fourth-order valence-corrected chi connectivity index (χ4v) is 6.85. The van der Waals surface area contributed by atoms with Crippen molar-refractivity contribution >= 4 is 89.7 Å². The number of benzene rings is 4. The number of carboxylic acids is 1. The number of aliphatic carboxylic acids is 1. The number of carboxylic acid groups (broad SMARTS) is 1. The van der Waals surface area contributed by atoms with Crippen LogP contribution in [0.4, 0.5) is 0 Å². The summed E-state index contributed by atoms with van der Waals surface area (Å²) in [6.45, 7) is 1.43. The SMILES string of the molecule is CC#N.NS(=O)(=O)Cc1noc2ccccc12.O=C(O)Cc1noc2ccccc12.O=S(=O)(Cl)Cc1noc2ccccc12.O=S(=O)(O)Cc1noc2ccccc12. The Bertz CT molecular complexity index is 2780. The summed E-state index contributed by atoms with van der Waals surface area (Å²) >= 11 is 0. The van der Waals surface area contributed by atoms with Gasteiger partial charge in [0.15, 0.2) is 22.3 Å². The summed E-state index contributed by atoms with van der Waals surface area (Å²) in [6.07, 6.45) is -0.100. The number of aromatic nitrogens is 4. The molecule has 23 heteroatoms. The van der Waals surface area contributed by atoms with Gasteiger partial charge in [-0.25, -0.2) is 22.0 Å².